The van der Waals surface area contributed by atoms with E-state index in [2.05, 4.69) is 42.8 Å². The third-order valence-electron chi connectivity index (χ3n) is 8.81. The molecular weight excluding hydrogens is 617 g/mol. The summed E-state index contributed by atoms with van der Waals surface area (Å²) in [6.45, 7) is 9.12. The number of imidazole rings is 1. The number of aromatic carboxylic acids is 1. The molecule has 2 aromatic heterocycles. The zero-order valence-corrected chi connectivity index (χ0v) is 28.7. The van der Waals surface area contributed by atoms with Crippen LogP contribution in [0.15, 0.2) is 84.9 Å². The minimum atomic E-state index is -0.945. The summed E-state index contributed by atoms with van der Waals surface area (Å²) < 4.78 is 3.38. The average molecular weight is 659 g/mol. The van der Waals surface area contributed by atoms with Crippen LogP contribution in [-0.2, 0) is 19.4 Å². The van der Waals surface area contributed by atoms with Crippen molar-refractivity contribution < 1.29 is 14.7 Å². The monoisotopic (exact) mass is 658 g/mol. The van der Waals surface area contributed by atoms with Gasteiger partial charge in [-0.25, -0.2) is 9.78 Å². The molecule has 1 atom stereocenters. The van der Waals surface area contributed by atoms with Gasteiger partial charge in [-0.1, -0.05) is 69.3 Å². The lowest BCUT2D eigenvalue weighted by molar-refractivity contribution is 0.0697. The fourth-order valence-electron chi connectivity index (χ4n) is 6.57. The zero-order valence-electron chi connectivity index (χ0n) is 27.9. The molecule has 8 heteroatoms. The molecule has 0 saturated heterocycles. The summed E-state index contributed by atoms with van der Waals surface area (Å²) in [6, 6.07) is 27.2. The number of aromatic nitrogens is 2. The van der Waals surface area contributed by atoms with E-state index in [0.717, 1.165) is 75.0 Å². The Morgan fingerprint density at radius 2 is 1.77 bits per heavy atom. The summed E-state index contributed by atoms with van der Waals surface area (Å²) >= 11 is 1.74. The van der Waals surface area contributed by atoms with Crippen LogP contribution in [0.2, 0.25) is 0 Å². The average Bonchev–Trinajstić information content (AvgIpc) is 3.63. The smallest absolute Gasteiger partial charge is 0.336 e. The third-order valence-corrected chi connectivity index (χ3v) is 9.93. The van der Waals surface area contributed by atoms with E-state index in [-0.39, 0.29) is 17.5 Å². The quantitative estimate of drug-likeness (QED) is 0.114. The Morgan fingerprint density at radius 3 is 2.48 bits per heavy atom. The molecule has 246 valence electrons. The lowest BCUT2D eigenvalue weighted by Gasteiger charge is -2.20. The molecule has 0 aliphatic rings. The highest BCUT2D eigenvalue weighted by Gasteiger charge is 2.21. The van der Waals surface area contributed by atoms with E-state index in [1.54, 1.807) is 23.5 Å². The molecule has 4 N–H and O–H groups in total. The molecule has 2 heterocycles. The molecular formula is C40H42N4O3S. The fourth-order valence-corrected chi connectivity index (χ4v) is 7.74. The molecule has 48 heavy (non-hydrogen) atoms. The summed E-state index contributed by atoms with van der Waals surface area (Å²) in [4.78, 5) is 31.9. The second-order valence-corrected chi connectivity index (χ2v) is 14.2. The molecule has 0 spiro atoms. The fraction of sp³-hybridized carbons (Fsp3) is 0.275. The van der Waals surface area contributed by atoms with Crippen LogP contribution in [0.5, 0.6) is 0 Å². The molecule has 6 rings (SSSR count). The number of nitrogens with zero attached hydrogens (tertiary/aromatic N) is 2. The Kier molecular flexibility index (Phi) is 9.64. The molecule has 0 aliphatic carbocycles. The van der Waals surface area contributed by atoms with Gasteiger partial charge in [-0.05, 0) is 84.3 Å². The van der Waals surface area contributed by atoms with Crippen LogP contribution in [0.3, 0.4) is 0 Å². The van der Waals surface area contributed by atoms with Crippen molar-refractivity contribution in [2.24, 2.45) is 5.92 Å². The first-order valence-corrected chi connectivity index (χ1v) is 17.4. The number of aryl methyl sites for hydroxylation is 2. The highest BCUT2D eigenvalue weighted by atomic mass is 32.1. The Hall–Kier alpha value is -4.95. The molecule has 0 fully saturated rings. The van der Waals surface area contributed by atoms with Gasteiger partial charge in [0.05, 0.1) is 16.6 Å². The van der Waals surface area contributed by atoms with Crippen LogP contribution in [0.1, 0.15) is 76.2 Å². The van der Waals surface area contributed by atoms with E-state index < -0.39 is 5.97 Å². The van der Waals surface area contributed by atoms with Gasteiger partial charge in [0.15, 0.2) is 0 Å². The van der Waals surface area contributed by atoms with Gasteiger partial charge in [0.1, 0.15) is 5.82 Å². The molecule has 4 aromatic carbocycles. The summed E-state index contributed by atoms with van der Waals surface area (Å²) in [5.74, 6) is 0.369. The molecule has 0 radical (unpaired) electrons. The number of carboxylic acid groups (broad SMARTS) is 1. The van der Waals surface area contributed by atoms with Gasteiger partial charge in [-0.3, -0.25) is 4.79 Å². The topological polar surface area (TPSA) is 110 Å². The van der Waals surface area contributed by atoms with Crippen LogP contribution in [0, 0.1) is 12.8 Å². The van der Waals surface area contributed by atoms with Crippen LogP contribution in [0.25, 0.3) is 32.2 Å². The number of anilines is 1. The largest absolute Gasteiger partial charge is 0.478 e. The van der Waals surface area contributed by atoms with Gasteiger partial charge in [-0.2, -0.15) is 0 Å². The van der Waals surface area contributed by atoms with E-state index in [1.165, 1.54) is 4.88 Å². The van der Waals surface area contributed by atoms with Crippen molar-refractivity contribution in [3.05, 3.63) is 118 Å². The van der Waals surface area contributed by atoms with Crippen molar-refractivity contribution >= 4 is 50.0 Å². The Balaban J connectivity index is 1.29. The van der Waals surface area contributed by atoms with Gasteiger partial charge < -0.3 is 20.7 Å². The highest BCUT2D eigenvalue weighted by Crippen LogP contribution is 2.32. The maximum absolute atomic E-state index is 13.9. The number of fused-ring (bicyclic) bond motifs is 2. The van der Waals surface area contributed by atoms with Crippen molar-refractivity contribution in [3.63, 3.8) is 0 Å². The third kappa shape index (κ3) is 6.99. The van der Waals surface area contributed by atoms with Crippen molar-refractivity contribution in [3.8, 4) is 11.1 Å². The lowest BCUT2D eigenvalue weighted by Crippen LogP contribution is -2.37. The normalized spacial score (nSPS) is 12.2. The molecule has 0 bridgehead atoms. The summed E-state index contributed by atoms with van der Waals surface area (Å²) in [7, 11) is 0. The maximum Gasteiger partial charge on any atom is 0.336 e. The second kappa shape index (κ2) is 14.0. The van der Waals surface area contributed by atoms with E-state index in [1.807, 2.05) is 67.6 Å². The van der Waals surface area contributed by atoms with Crippen molar-refractivity contribution in [1.82, 2.24) is 14.9 Å². The number of amides is 1. The predicted molar refractivity (Wildman–Crippen MR) is 197 cm³/mol. The second-order valence-electron chi connectivity index (χ2n) is 13.0. The van der Waals surface area contributed by atoms with Crippen LogP contribution >= 0.6 is 11.3 Å². The zero-order chi connectivity index (χ0) is 33.9. The highest BCUT2D eigenvalue weighted by molar-refractivity contribution is 7.19. The Bertz CT molecular complexity index is 2110. The number of nitrogens with two attached hydrogens (primary N) is 1. The first-order chi connectivity index (χ1) is 23.1. The number of thiophene rings is 1. The van der Waals surface area contributed by atoms with Gasteiger partial charge >= 0.3 is 5.97 Å². The van der Waals surface area contributed by atoms with Gasteiger partial charge in [0, 0.05) is 51.6 Å². The van der Waals surface area contributed by atoms with Crippen molar-refractivity contribution in [1.29, 1.82) is 0 Å². The van der Waals surface area contributed by atoms with Crippen LogP contribution in [-0.4, -0.2) is 32.6 Å². The lowest BCUT2D eigenvalue weighted by atomic mass is 9.98. The van der Waals surface area contributed by atoms with Gasteiger partial charge in [0.2, 0.25) is 0 Å². The number of rotatable bonds is 12. The van der Waals surface area contributed by atoms with Gasteiger partial charge in [0.25, 0.3) is 5.91 Å². The number of hydrogen-bond acceptors (Lipinski definition) is 5. The molecule has 1 amide bonds. The minimum absolute atomic E-state index is 0.0203. The minimum Gasteiger partial charge on any atom is -0.478 e. The molecule has 6 aromatic rings. The SMILES string of the molecule is CCCc1nc2c(C)cc(C(=O)N[C@@H](Cc3cc4c(N)cccc4s3)CC(C)C)cc2n1Cc1ccc(-c2ccccc2C(=O)O)cc1. The maximum atomic E-state index is 13.9. The summed E-state index contributed by atoms with van der Waals surface area (Å²) in [5.41, 5.74) is 13.3. The Labute approximate surface area is 285 Å². The van der Waals surface area contributed by atoms with Crippen molar-refractivity contribution in [2.75, 3.05) is 5.73 Å². The number of benzene rings is 4. The summed E-state index contributed by atoms with van der Waals surface area (Å²) in [6.07, 6.45) is 3.37. The summed E-state index contributed by atoms with van der Waals surface area (Å²) in [5, 5.41) is 14.1. The number of carbonyl (C=O) groups is 2. The van der Waals surface area contributed by atoms with E-state index in [9.17, 15) is 14.7 Å². The van der Waals surface area contributed by atoms with E-state index in [0.29, 0.717) is 23.6 Å². The van der Waals surface area contributed by atoms with Crippen molar-refractivity contribution in [2.45, 2.75) is 66.0 Å². The first-order valence-electron chi connectivity index (χ1n) is 16.6. The first kappa shape index (κ1) is 33.0. The molecule has 0 aliphatic heterocycles. The predicted octanol–water partition coefficient (Wildman–Crippen LogP) is 8.89. The number of carbonyl (C=O) groups excluding carboxylic acids is 1. The number of nitrogens with one attached hydrogen (secondary N) is 1. The molecule has 7 nitrogen and oxygen atoms in total. The number of nitrogen functional groups attached to an aromatic ring is 1. The standard InChI is InChI=1S/C40H42N4O3S/c1-5-9-37-43-38-25(4)19-28(39(45)42-29(18-24(2)3)21-30-22-33-34(41)12-8-13-36(33)48-30)20-35(38)44(37)23-26-14-16-27(17-15-26)31-10-6-7-11-32(31)40(46)47/h6-8,10-17,19-20,22,24,29H,5,9,18,21,23,41H2,1-4H3,(H,42,45)(H,46,47)/t29-/m1/s1. The molecule has 0 unspecified atom stereocenters. The van der Waals surface area contributed by atoms with E-state index >= 15 is 0 Å². The molecule has 0 saturated carbocycles. The van der Waals surface area contributed by atoms with Crippen LogP contribution in [0.4, 0.5) is 5.69 Å². The Morgan fingerprint density at radius 1 is 1.00 bits per heavy atom. The number of carboxylic acids is 1. The van der Waals surface area contributed by atoms with Gasteiger partial charge in [-0.15, -0.1) is 11.3 Å². The van der Waals surface area contributed by atoms with E-state index in [4.69, 9.17) is 10.7 Å². The van der Waals surface area contributed by atoms with Crippen LogP contribution < -0.4 is 11.1 Å². The number of hydrogen-bond donors (Lipinski definition) is 3.